The average molecular weight is 296 g/mol. The van der Waals surface area contributed by atoms with Crippen molar-refractivity contribution in [2.75, 3.05) is 7.05 Å². The third-order valence-electron chi connectivity index (χ3n) is 2.89. The number of aromatic nitrogens is 3. The molecule has 2 aromatic rings. The first-order valence-corrected chi connectivity index (χ1v) is 7.41. The summed E-state index contributed by atoms with van der Waals surface area (Å²) in [5, 5.41) is 15.6. The highest BCUT2D eigenvalue weighted by Crippen LogP contribution is 2.22. The van der Waals surface area contributed by atoms with Gasteiger partial charge in [0.2, 0.25) is 10.0 Å². The van der Waals surface area contributed by atoms with Crippen LogP contribution in [0.4, 0.5) is 0 Å². The van der Waals surface area contributed by atoms with E-state index in [2.05, 4.69) is 15.2 Å². The van der Waals surface area contributed by atoms with E-state index in [-0.39, 0.29) is 17.1 Å². The van der Waals surface area contributed by atoms with Crippen molar-refractivity contribution in [1.82, 2.24) is 19.5 Å². The van der Waals surface area contributed by atoms with Gasteiger partial charge in [-0.2, -0.15) is 9.40 Å². The van der Waals surface area contributed by atoms with Crippen molar-refractivity contribution in [2.24, 2.45) is 0 Å². The van der Waals surface area contributed by atoms with Crippen molar-refractivity contribution >= 4 is 10.0 Å². The number of rotatable bonds is 5. The third-order valence-corrected chi connectivity index (χ3v) is 4.90. The molecule has 0 atom stereocenters. The number of pyridine rings is 1. The van der Waals surface area contributed by atoms with E-state index in [1.54, 1.807) is 31.3 Å². The zero-order valence-corrected chi connectivity index (χ0v) is 12.1. The number of aliphatic hydroxyl groups is 1. The fourth-order valence-corrected chi connectivity index (χ4v) is 3.33. The van der Waals surface area contributed by atoms with E-state index in [0.29, 0.717) is 11.4 Å². The molecule has 2 rings (SSSR count). The third kappa shape index (κ3) is 2.72. The maximum Gasteiger partial charge on any atom is 0.246 e. The molecular weight excluding hydrogens is 280 g/mol. The fourth-order valence-electron chi connectivity index (χ4n) is 1.88. The summed E-state index contributed by atoms with van der Waals surface area (Å²) in [6.07, 6.45) is 1.61. The molecule has 0 aliphatic carbocycles. The number of aryl methyl sites for hydroxylation is 1. The summed E-state index contributed by atoms with van der Waals surface area (Å²) >= 11 is 0. The lowest BCUT2D eigenvalue weighted by atomic mass is 10.3. The lowest BCUT2D eigenvalue weighted by Crippen LogP contribution is -2.28. The molecule has 0 radical (unpaired) electrons. The molecule has 0 bridgehead atoms. The van der Waals surface area contributed by atoms with E-state index in [9.17, 15) is 13.5 Å². The van der Waals surface area contributed by atoms with E-state index in [1.807, 2.05) is 0 Å². The van der Waals surface area contributed by atoms with Gasteiger partial charge in [-0.05, 0) is 19.1 Å². The Hall–Kier alpha value is -1.77. The molecule has 0 saturated heterocycles. The van der Waals surface area contributed by atoms with E-state index < -0.39 is 16.6 Å². The van der Waals surface area contributed by atoms with Crippen LogP contribution >= 0.6 is 0 Å². The zero-order valence-electron chi connectivity index (χ0n) is 11.2. The molecule has 0 spiro atoms. The first-order valence-electron chi connectivity index (χ1n) is 5.97. The molecule has 8 heteroatoms. The van der Waals surface area contributed by atoms with E-state index in [0.717, 1.165) is 0 Å². The highest BCUT2D eigenvalue weighted by molar-refractivity contribution is 7.89. The van der Waals surface area contributed by atoms with Gasteiger partial charge < -0.3 is 5.11 Å². The van der Waals surface area contributed by atoms with E-state index in [4.69, 9.17) is 0 Å². The number of H-pyrrole nitrogens is 1. The largest absolute Gasteiger partial charge is 0.390 e. The van der Waals surface area contributed by atoms with Crippen molar-refractivity contribution in [2.45, 2.75) is 25.0 Å². The minimum Gasteiger partial charge on any atom is -0.390 e. The Labute approximate surface area is 117 Å². The van der Waals surface area contributed by atoms with Gasteiger partial charge in [0.15, 0.2) is 0 Å². The molecule has 2 aromatic heterocycles. The summed E-state index contributed by atoms with van der Waals surface area (Å²) < 4.78 is 26.2. The number of hydrogen-bond donors (Lipinski definition) is 2. The van der Waals surface area contributed by atoms with Gasteiger partial charge in [0.1, 0.15) is 10.6 Å². The van der Waals surface area contributed by atoms with Crippen LogP contribution in [0.1, 0.15) is 17.1 Å². The highest BCUT2D eigenvalue weighted by Gasteiger charge is 2.28. The van der Waals surface area contributed by atoms with Gasteiger partial charge in [0, 0.05) is 13.2 Å². The number of aromatic amines is 1. The lowest BCUT2D eigenvalue weighted by Gasteiger charge is -2.17. The fraction of sp³-hybridized carbons (Fsp3) is 0.333. The first kappa shape index (κ1) is 14.6. The van der Waals surface area contributed by atoms with Crippen molar-refractivity contribution in [3.63, 3.8) is 0 Å². The first-order chi connectivity index (χ1) is 9.46. The summed E-state index contributed by atoms with van der Waals surface area (Å²) in [5.74, 6) is 0. The van der Waals surface area contributed by atoms with Crippen LogP contribution in [-0.4, -0.2) is 40.1 Å². The monoisotopic (exact) mass is 296 g/mol. The summed E-state index contributed by atoms with van der Waals surface area (Å²) in [6, 6.07) is 5.31. The number of nitrogens with one attached hydrogen (secondary N) is 1. The molecule has 2 N–H and O–H groups in total. The van der Waals surface area contributed by atoms with Crippen LogP contribution in [0.15, 0.2) is 29.3 Å². The molecule has 2 heterocycles. The number of sulfonamides is 1. The number of nitrogens with zero attached hydrogens (tertiary/aromatic N) is 3. The molecule has 0 aliphatic heterocycles. The number of hydrogen-bond acceptors (Lipinski definition) is 5. The standard InChI is InChI=1S/C12H16N4O3S/c1-9-12(11(8-17)15-14-9)20(18,19)16(2)7-10-5-3-4-6-13-10/h3-6,17H,7-8H2,1-2H3,(H,14,15). The van der Waals surface area contributed by atoms with Gasteiger partial charge in [0.25, 0.3) is 0 Å². The quantitative estimate of drug-likeness (QED) is 0.833. The van der Waals surface area contributed by atoms with Crippen LogP contribution < -0.4 is 0 Å². The zero-order chi connectivity index (χ0) is 14.8. The van der Waals surface area contributed by atoms with Gasteiger partial charge in [-0.15, -0.1) is 0 Å². The molecular formula is C12H16N4O3S. The predicted molar refractivity (Wildman–Crippen MR) is 72.1 cm³/mol. The van der Waals surface area contributed by atoms with Crippen LogP contribution in [0.3, 0.4) is 0 Å². The van der Waals surface area contributed by atoms with Gasteiger partial charge in [0.05, 0.1) is 24.5 Å². The van der Waals surface area contributed by atoms with Crippen molar-refractivity contribution in [3.8, 4) is 0 Å². The maximum atomic E-state index is 12.5. The molecule has 0 unspecified atom stereocenters. The molecule has 0 amide bonds. The Kier molecular flexibility index (Phi) is 4.17. The van der Waals surface area contributed by atoms with Crippen LogP contribution in [0.5, 0.6) is 0 Å². The Morgan fingerprint density at radius 3 is 2.75 bits per heavy atom. The molecule has 0 fully saturated rings. The van der Waals surface area contributed by atoms with Crippen LogP contribution in [-0.2, 0) is 23.2 Å². The minimum atomic E-state index is -3.73. The molecule has 0 aliphatic rings. The second-order valence-corrected chi connectivity index (χ2v) is 6.35. The Balaban J connectivity index is 2.32. The minimum absolute atomic E-state index is 0.0263. The van der Waals surface area contributed by atoms with Crippen LogP contribution in [0, 0.1) is 6.92 Å². The summed E-state index contributed by atoms with van der Waals surface area (Å²) in [7, 11) is -2.26. The van der Waals surface area contributed by atoms with Gasteiger partial charge in [-0.1, -0.05) is 6.07 Å². The molecule has 20 heavy (non-hydrogen) atoms. The highest BCUT2D eigenvalue weighted by atomic mass is 32.2. The Bertz CT molecular complexity index is 682. The van der Waals surface area contributed by atoms with Crippen molar-refractivity contribution in [1.29, 1.82) is 0 Å². The topological polar surface area (TPSA) is 99.2 Å². The van der Waals surface area contributed by atoms with Crippen LogP contribution in [0.25, 0.3) is 0 Å². The van der Waals surface area contributed by atoms with Crippen LogP contribution in [0.2, 0.25) is 0 Å². The number of aliphatic hydroxyl groups excluding tert-OH is 1. The smallest absolute Gasteiger partial charge is 0.246 e. The Morgan fingerprint density at radius 2 is 2.15 bits per heavy atom. The second-order valence-electron chi connectivity index (χ2n) is 4.36. The summed E-state index contributed by atoms with van der Waals surface area (Å²) in [6.45, 7) is 1.32. The van der Waals surface area contributed by atoms with Gasteiger partial charge in [-0.25, -0.2) is 8.42 Å². The predicted octanol–water partition coefficient (Wildman–Crippen LogP) is 0.426. The van der Waals surface area contributed by atoms with E-state index in [1.165, 1.54) is 11.4 Å². The second kappa shape index (κ2) is 5.70. The molecule has 0 aromatic carbocycles. The molecule has 0 saturated carbocycles. The van der Waals surface area contributed by atoms with Gasteiger partial charge >= 0.3 is 0 Å². The van der Waals surface area contributed by atoms with Gasteiger partial charge in [-0.3, -0.25) is 10.1 Å². The normalized spacial score (nSPS) is 12.0. The summed E-state index contributed by atoms with van der Waals surface area (Å²) in [5.41, 5.74) is 1.17. The average Bonchev–Trinajstić information content (AvgIpc) is 2.81. The summed E-state index contributed by atoms with van der Waals surface area (Å²) in [4.78, 5) is 4.13. The molecule has 108 valence electrons. The van der Waals surface area contributed by atoms with E-state index >= 15 is 0 Å². The Morgan fingerprint density at radius 1 is 1.40 bits per heavy atom. The van der Waals surface area contributed by atoms with Crippen molar-refractivity contribution in [3.05, 3.63) is 41.5 Å². The van der Waals surface area contributed by atoms with Crippen molar-refractivity contribution < 1.29 is 13.5 Å². The SMILES string of the molecule is Cc1[nH]nc(CO)c1S(=O)(=O)N(C)Cc1ccccn1. The molecule has 7 nitrogen and oxygen atoms in total. The lowest BCUT2D eigenvalue weighted by molar-refractivity contribution is 0.273. The maximum absolute atomic E-state index is 12.5.